The first-order chi connectivity index (χ1) is 10.7. The van der Waals surface area contributed by atoms with Crippen LogP contribution in [0, 0.1) is 0 Å². The van der Waals surface area contributed by atoms with Gasteiger partial charge in [-0.2, -0.15) is 0 Å². The van der Waals surface area contributed by atoms with Crippen molar-refractivity contribution in [2.45, 2.75) is 76.8 Å². The molecule has 2 atom stereocenters. The summed E-state index contributed by atoms with van der Waals surface area (Å²) in [4.78, 5) is 12.4. The average molecular weight is 335 g/mol. The third kappa shape index (κ3) is 4.67. The van der Waals surface area contributed by atoms with Crippen molar-refractivity contribution < 1.29 is 14.0 Å². The van der Waals surface area contributed by atoms with Crippen molar-refractivity contribution in [2.24, 2.45) is 0 Å². The van der Waals surface area contributed by atoms with E-state index in [1.807, 2.05) is 18.2 Å². The molecular formula is C19H30O3Si. The minimum Gasteiger partial charge on any atom is -0.456 e. The highest BCUT2D eigenvalue weighted by atomic mass is 28.4. The first-order valence-electron chi connectivity index (χ1n) is 8.64. The van der Waals surface area contributed by atoms with E-state index in [1.54, 1.807) is 12.1 Å². The van der Waals surface area contributed by atoms with Gasteiger partial charge in [-0.3, -0.25) is 0 Å². The Kier molecular flexibility index (Phi) is 5.68. The van der Waals surface area contributed by atoms with Crippen LogP contribution in [0.25, 0.3) is 0 Å². The Morgan fingerprint density at radius 1 is 1.04 bits per heavy atom. The van der Waals surface area contributed by atoms with Gasteiger partial charge in [0.15, 0.2) is 8.32 Å². The van der Waals surface area contributed by atoms with E-state index >= 15 is 0 Å². The monoisotopic (exact) mass is 334 g/mol. The van der Waals surface area contributed by atoms with Crippen LogP contribution in [0.1, 0.15) is 56.8 Å². The Hall–Kier alpha value is -1.13. The van der Waals surface area contributed by atoms with Gasteiger partial charge in [-0.15, -0.1) is 0 Å². The van der Waals surface area contributed by atoms with Gasteiger partial charge in [-0.1, -0.05) is 45.4 Å². The molecule has 0 amide bonds. The van der Waals surface area contributed by atoms with E-state index in [0.717, 1.165) is 25.7 Å². The van der Waals surface area contributed by atoms with Crippen LogP contribution in [-0.4, -0.2) is 26.5 Å². The standard InChI is InChI=1S/C19H30O3Si/c1-19(2,3)23(4,5)22-17-14-10-9-13-16(17)21-18(20)15-11-7-6-8-12-15/h6-8,11-12,16-17H,9-10,13-14H2,1-5H3/t16-,17+/m0/s1. The van der Waals surface area contributed by atoms with Crippen LogP contribution in [0.2, 0.25) is 18.1 Å². The van der Waals surface area contributed by atoms with Gasteiger partial charge >= 0.3 is 5.97 Å². The van der Waals surface area contributed by atoms with Crippen LogP contribution in [0.5, 0.6) is 0 Å². The molecule has 0 radical (unpaired) electrons. The van der Waals surface area contributed by atoms with Crippen molar-refractivity contribution in [3.63, 3.8) is 0 Å². The second-order valence-electron chi connectivity index (χ2n) is 8.01. The predicted molar refractivity (Wildman–Crippen MR) is 96.2 cm³/mol. The van der Waals surface area contributed by atoms with Gasteiger partial charge in [-0.25, -0.2) is 4.79 Å². The Labute approximate surface area is 141 Å². The maximum Gasteiger partial charge on any atom is 0.338 e. The lowest BCUT2D eigenvalue weighted by atomic mass is 9.95. The molecule has 23 heavy (non-hydrogen) atoms. The molecule has 0 spiro atoms. The molecule has 0 bridgehead atoms. The maximum atomic E-state index is 12.4. The third-order valence-electron chi connectivity index (χ3n) is 5.16. The molecule has 1 fully saturated rings. The number of benzene rings is 1. The zero-order valence-corrected chi connectivity index (χ0v) is 16.1. The lowest BCUT2D eigenvalue weighted by Gasteiger charge is -2.42. The molecule has 128 valence electrons. The quantitative estimate of drug-likeness (QED) is 0.562. The first kappa shape index (κ1) is 18.2. The number of esters is 1. The number of rotatable bonds is 4. The van der Waals surface area contributed by atoms with E-state index in [4.69, 9.17) is 9.16 Å². The SMILES string of the molecule is CC(C)(C)[Si](C)(C)O[C@@H]1CCCC[C@@H]1OC(=O)c1ccccc1. The minimum atomic E-state index is -1.86. The van der Waals surface area contributed by atoms with Crippen LogP contribution in [-0.2, 0) is 9.16 Å². The fraction of sp³-hybridized carbons (Fsp3) is 0.632. The molecule has 1 aromatic rings. The molecule has 1 saturated carbocycles. The van der Waals surface area contributed by atoms with Crippen molar-refractivity contribution in [2.75, 3.05) is 0 Å². The first-order valence-corrected chi connectivity index (χ1v) is 11.6. The third-order valence-corrected chi connectivity index (χ3v) is 9.67. The van der Waals surface area contributed by atoms with Crippen molar-refractivity contribution in [1.82, 2.24) is 0 Å². The van der Waals surface area contributed by atoms with Crippen LogP contribution in [0.3, 0.4) is 0 Å². The Bertz CT molecular complexity index is 519. The van der Waals surface area contributed by atoms with E-state index in [-0.39, 0.29) is 23.2 Å². The summed E-state index contributed by atoms with van der Waals surface area (Å²) in [6.07, 6.45) is 4.06. The summed E-state index contributed by atoms with van der Waals surface area (Å²) in [6.45, 7) is 11.3. The summed E-state index contributed by atoms with van der Waals surface area (Å²) in [5, 5.41) is 0.165. The van der Waals surface area contributed by atoms with Crippen LogP contribution in [0.4, 0.5) is 0 Å². The lowest BCUT2D eigenvalue weighted by molar-refractivity contribution is -0.0309. The molecule has 3 nitrogen and oxygen atoms in total. The number of hydrogen-bond acceptors (Lipinski definition) is 3. The molecule has 0 unspecified atom stereocenters. The van der Waals surface area contributed by atoms with Crippen molar-refractivity contribution in [3.05, 3.63) is 35.9 Å². The van der Waals surface area contributed by atoms with E-state index in [1.165, 1.54) is 0 Å². The van der Waals surface area contributed by atoms with Crippen LogP contribution < -0.4 is 0 Å². The fourth-order valence-electron chi connectivity index (χ4n) is 2.67. The topological polar surface area (TPSA) is 35.5 Å². The highest BCUT2D eigenvalue weighted by Crippen LogP contribution is 2.39. The van der Waals surface area contributed by atoms with E-state index in [9.17, 15) is 4.79 Å². The summed E-state index contributed by atoms with van der Waals surface area (Å²) in [6, 6.07) is 9.23. The molecule has 1 aliphatic rings. The normalized spacial score (nSPS) is 22.7. The summed E-state index contributed by atoms with van der Waals surface area (Å²) in [5.41, 5.74) is 0.615. The highest BCUT2D eigenvalue weighted by molar-refractivity contribution is 6.74. The summed E-state index contributed by atoms with van der Waals surface area (Å²) in [5.74, 6) is -0.235. The number of carbonyl (C=O) groups is 1. The van der Waals surface area contributed by atoms with E-state index in [2.05, 4.69) is 33.9 Å². The summed E-state index contributed by atoms with van der Waals surface area (Å²) < 4.78 is 12.4. The van der Waals surface area contributed by atoms with Gasteiger partial charge in [0.1, 0.15) is 6.10 Å². The van der Waals surface area contributed by atoms with E-state index in [0.29, 0.717) is 5.56 Å². The van der Waals surface area contributed by atoms with Gasteiger partial charge in [0.25, 0.3) is 0 Å². The second-order valence-corrected chi connectivity index (χ2v) is 12.8. The van der Waals surface area contributed by atoms with E-state index < -0.39 is 8.32 Å². The maximum absolute atomic E-state index is 12.4. The Morgan fingerprint density at radius 3 is 2.17 bits per heavy atom. The summed E-state index contributed by atoms with van der Waals surface area (Å²) in [7, 11) is -1.86. The minimum absolute atomic E-state index is 0.0392. The van der Waals surface area contributed by atoms with Crippen LogP contribution >= 0.6 is 0 Å². The van der Waals surface area contributed by atoms with Gasteiger partial charge in [0.2, 0.25) is 0 Å². The van der Waals surface area contributed by atoms with Gasteiger partial charge in [-0.05, 0) is 49.5 Å². The average Bonchev–Trinajstić information content (AvgIpc) is 2.48. The van der Waals surface area contributed by atoms with Crippen molar-refractivity contribution in [3.8, 4) is 0 Å². The number of ether oxygens (including phenoxy) is 1. The number of hydrogen-bond donors (Lipinski definition) is 0. The van der Waals surface area contributed by atoms with Gasteiger partial charge in [0, 0.05) is 0 Å². The zero-order chi connectivity index (χ0) is 17.1. The van der Waals surface area contributed by atoms with Gasteiger partial charge < -0.3 is 9.16 Å². The Balaban J connectivity index is 2.05. The molecule has 4 heteroatoms. The van der Waals surface area contributed by atoms with Crippen LogP contribution in [0.15, 0.2) is 30.3 Å². The van der Waals surface area contributed by atoms with Crippen molar-refractivity contribution in [1.29, 1.82) is 0 Å². The largest absolute Gasteiger partial charge is 0.456 e. The zero-order valence-electron chi connectivity index (χ0n) is 15.1. The smallest absolute Gasteiger partial charge is 0.338 e. The summed E-state index contributed by atoms with van der Waals surface area (Å²) >= 11 is 0. The molecule has 2 rings (SSSR count). The second kappa shape index (κ2) is 7.18. The molecule has 1 aliphatic carbocycles. The highest BCUT2D eigenvalue weighted by Gasteiger charge is 2.42. The number of carbonyl (C=O) groups excluding carboxylic acids is 1. The van der Waals surface area contributed by atoms with Gasteiger partial charge in [0.05, 0.1) is 11.7 Å². The van der Waals surface area contributed by atoms with Crippen molar-refractivity contribution >= 4 is 14.3 Å². The molecule has 1 aromatic carbocycles. The molecular weight excluding hydrogens is 304 g/mol. The molecule has 0 aromatic heterocycles. The predicted octanol–water partition coefficient (Wildman–Crippen LogP) is 5.18. The molecule has 0 N–H and O–H groups in total. The molecule has 0 aliphatic heterocycles. The Morgan fingerprint density at radius 2 is 1.61 bits per heavy atom. The lowest BCUT2D eigenvalue weighted by Crippen LogP contribution is -2.48. The molecule has 0 heterocycles. The fourth-order valence-corrected chi connectivity index (χ4v) is 4.05. The molecule has 0 saturated heterocycles.